The highest BCUT2D eigenvalue weighted by Crippen LogP contribution is 2.13. The Hall–Kier alpha value is -1.30. The van der Waals surface area contributed by atoms with E-state index in [-0.39, 0.29) is 11.4 Å². The average Bonchev–Trinajstić information content (AvgIpc) is 2.40. The Morgan fingerprint density at radius 2 is 0.900 bits per heavy atom. The fourth-order valence-electron chi connectivity index (χ4n) is 1.13. The number of hydrogen-bond acceptors (Lipinski definition) is 4. The van der Waals surface area contributed by atoms with Crippen molar-refractivity contribution >= 4 is 56.6 Å². The number of benzene rings is 2. The van der Waals surface area contributed by atoms with Gasteiger partial charge in [0.05, 0.1) is 9.85 Å². The maximum absolute atomic E-state index is 10.1. The van der Waals surface area contributed by atoms with Crippen LogP contribution in [0.1, 0.15) is 0 Å². The summed E-state index contributed by atoms with van der Waals surface area (Å²) in [5, 5.41) is 20.2. The molecule has 0 aromatic heterocycles. The van der Waals surface area contributed by atoms with Gasteiger partial charge in [0.15, 0.2) is 0 Å². The molecule has 0 aliphatic rings. The molecule has 0 spiro atoms. The lowest BCUT2D eigenvalue weighted by Crippen LogP contribution is -1.86. The Labute approximate surface area is 141 Å². The summed E-state index contributed by atoms with van der Waals surface area (Å²) in [6.45, 7) is 0. The normalized spacial score (nSPS) is 9.30. The zero-order valence-electron chi connectivity index (χ0n) is 9.90. The standard InChI is InChI=1S/2C6H4INO2/c2*7-5-1-3-6(4-2-5)8(9)10/h2*1-4H. The van der Waals surface area contributed by atoms with Gasteiger partial charge in [-0.25, -0.2) is 0 Å². The summed E-state index contributed by atoms with van der Waals surface area (Å²) in [5.74, 6) is 0. The predicted molar refractivity (Wildman–Crippen MR) is 91.6 cm³/mol. The van der Waals surface area contributed by atoms with Crippen molar-refractivity contribution in [2.24, 2.45) is 0 Å². The fourth-order valence-corrected chi connectivity index (χ4v) is 1.84. The molecule has 0 radical (unpaired) electrons. The van der Waals surface area contributed by atoms with Gasteiger partial charge in [-0.15, -0.1) is 0 Å². The molecular weight excluding hydrogens is 490 g/mol. The SMILES string of the molecule is O=[N+]([O-])c1ccc(I)cc1.O=[N+]([O-])c1ccc(I)cc1. The summed E-state index contributed by atoms with van der Waals surface area (Å²) < 4.78 is 2.01. The predicted octanol–water partition coefficient (Wildman–Crippen LogP) is 4.40. The van der Waals surface area contributed by atoms with Crippen molar-refractivity contribution in [3.05, 3.63) is 75.9 Å². The second-order valence-corrected chi connectivity index (χ2v) is 5.96. The van der Waals surface area contributed by atoms with Crippen molar-refractivity contribution in [2.75, 3.05) is 0 Å². The Bertz CT molecular complexity index is 544. The van der Waals surface area contributed by atoms with Crippen molar-refractivity contribution in [2.45, 2.75) is 0 Å². The molecule has 0 bridgehead atoms. The van der Waals surface area contributed by atoms with E-state index in [1.165, 1.54) is 24.3 Å². The van der Waals surface area contributed by atoms with Gasteiger partial charge in [0.1, 0.15) is 0 Å². The zero-order valence-corrected chi connectivity index (χ0v) is 14.2. The first-order chi connectivity index (χ1) is 9.40. The van der Waals surface area contributed by atoms with Crippen LogP contribution in [0.5, 0.6) is 0 Å². The molecule has 0 heterocycles. The van der Waals surface area contributed by atoms with Crippen LogP contribution in [0.4, 0.5) is 11.4 Å². The number of halogens is 2. The number of non-ortho nitro benzene ring substituents is 2. The van der Waals surface area contributed by atoms with E-state index < -0.39 is 9.85 Å². The van der Waals surface area contributed by atoms with Gasteiger partial charge in [-0.2, -0.15) is 0 Å². The Balaban J connectivity index is 0.000000200. The monoisotopic (exact) mass is 498 g/mol. The van der Waals surface area contributed by atoms with Gasteiger partial charge in [-0.3, -0.25) is 20.2 Å². The topological polar surface area (TPSA) is 86.3 Å². The first-order valence-electron chi connectivity index (χ1n) is 5.20. The summed E-state index contributed by atoms with van der Waals surface area (Å²) in [7, 11) is 0. The van der Waals surface area contributed by atoms with Crippen LogP contribution in [-0.4, -0.2) is 9.85 Å². The number of nitrogens with zero attached hydrogens (tertiary/aromatic N) is 2. The lowest BCUT2D eigenvalue weighted by molar-refractivity contribution is -0.385. The van der Waals surface area contributed by atoms with Gasteiger partial charge in [0, 0.05) is 31.4 Å². The molecule has 0 unspecified atom stereocenters. The van der Waals surface area contributed by atoms with Crippen LogP contribution in [0.2, 0.25) is 0 Å². The first-order valence-corrected chi connectivity index (χ1v) is 7.36. The number of nitro groups is 2. The number of hydrogen-bond donors (Lipinski definition) is 0. The van der Waals surface area contributed by atoms with Crippen LogP contribution in [0.3, 0.4) is 0 Å². The molecule has 104 valence electrons. The van der Waals surface area contributed by atoms with Crippen LogP contribution in [0.15, 0.2) is 48.5 Å². The van der Waals surface area contributed by atoms with Gasteiger partial charge in [0.2, 0.25) is 0 Å². The maximum atomic E-state index is 10.1. The smallest absolute Gasteiger partial charge is 0.258 e. The van der Waals surface area contributed by atoms with Gasteiger partial charge < -0.3 is 0 Å². The maximum Gasteiger partial charge on any atom is 0.269 e. The van der Waals surface area contributed by atoms with Gasteiger partial charge in [-0.1, -0.05) is 0 Å². The van der Waals surface area contributed by atoms with Gasteiger partial charge in [-0.05, 0) is 69.4 Å². The highest BCUT2D eigenvalue weighted by molar-refractivity contribution is 14.1. The molecule has 6 nitrogen and oxygen atoms in total. The van der Waals surface area contributed by atoms with Crippen LogP contribution in [-0.2, 0) is 0 Å². The second-order valence-electron chi connectivity index (χ2n) is 3.47. The quantitative estimate of drug-likeness (QED) is 0.349. The third-order valence-electron chi connectivity index (χ3n) is 2.07. The molecule has 0 aliphatic heterocycles. The highest BCUT2D eigenvalue weighted by atomic mass is 127. The Morgan fingerprint density at radius 1 is 0.650 bits per heavy atom. The average molecular weight is 498 g/mol. The molecule has 0 aliphatic carbocycles. The third kappa shape index (κ3) is 5.77. The zero-order chi connectivity index (χ0) is 15.1. The van der Waals surface area contributed by atoms with Crippen molar-refractivity contribution in [1.82, 2.24) is 0 Å². The lowest BCUT2D eigenvalue weighted by atomic mass is 10.3. The molecule has 0 N–H and O–H groups in total. The van der Waals surface area contributed by atoms with E-state index in [0.717, 1.165) is 7.14 Å². The summed E-state index contributed by atoms with van der Waals surface area (Å²) in [5.41, 5.74) is 0.279. The number of nitro benzene ring substituents is 2. The summed E-state index contributed by atoms with van der Waals surface area (Å²) in [6, 6.07) is 12.8. The molecule has 0 atom stereocenters. The van der Waals surface area contributed by atoms with E-state index in [2.05, 4.69) is 45.2 Å². The largest absolute Gasteiger partial charge is 0.269 e. The van der Waals surface area contributed by atoms with Crippen molar-refractivity contribution in [3.63, 3.8) is 0 Å². The molecule has 2 aromatic rings. The van der Waals surface area contributed by atoms with E-state index in [0.29, 0.717) is 0 Å². The van der Waals surface area contributed by atoms with Crippen molar-refractivity contribution < 1.29 is 9.85 Å². The molecule has 20 heavy (non-hydrogen) atoms. The van der Waals surface area contributed by atoms with E-state index in [1.807, 2.05) is 0 Å². The van der Waals surface area contributed by atoms with Crippen LogP contribution >= 0.6 is 45.2 Å². The lowest BCUT2D eigenvalue weighted by Gasteiger charge is -1.88. The molecule has 0 amide bonds. The molecule has 2 rings (SSSR count). The summed E-state index contributed by atoms with van der Waals surface area (Å²) in [4.78, 5) is 19.4. The molecule has 0 fully saturated rings. The summed E-state index contributed by atoms with van der Waals surface area (Å²) >= 11 is 4.19. The molecule has 0 saturated heterocycles. The molecule has 8 heteroatoms. The van der Waals surface area contributed by atoms with E-state index in [9.17, 15) is 20.2 Å². The molecule has 2 aromatic carbocycles. The van der Waals surface area contributed by atoms with Gasteiger partial charge >= 0.3 is 0 Å². The molecular formula is C12H8I2N2O4. The third-order valence-corrected chi connectivity index (χ3v) is 3.51. The minimum absolute atomic E-state index is 0.139. The van der Waals surface area contributed by atoms with Crippen LogP contribution in [0, 0.1) is 27.4 Å². The van der Waals surface area contributed by atoms with E-state index >= 15 is 0 Å². The van der Waals surface area contributed by atoms with E-state index in [4.69, 9.17) is 0 Å². The van der Waals surface area contributed by atoms with Crippen molar-refractivity contribution in [1.29, 1.82) is 0 Å². The molecule has 0 saturated carbocycles. The van der Waals surface area contributed by atoms with Crippen molar-refractivity contribution in [3.8, 4) is 0 Å². The minimum Gasteiger partial charge on any atom is -0.258 e. The number of rotatable bonds is 2. The highest BCUT2D eigenvalue weighted by Gasteiger charge is 2.01. The second kappa shape index (κ2) is 8.09. The first kappa shape index (κ1) is 16.8. The Kier molecular flexibility index (Phi) is 6.78. The van der Waals surface area contributed by atoms with Crippen LogP contribution in [0.25, 0.3) is 0 Å². The van der Waals surface area contributed by atoms with E-state index in [1.54, 1.807) is 24.3 Å². The summed E-state index contributed by atoms with van der Waals surface area (Å²) in [6.07, 6.45) is 0. The van der Waals surface area contributed by atoms with Gasteiger partial charge in [0.25, 0.3) is 11.4 Å². The Morgan fingerprint density at radius 3 is 1.10 bits per heavy atom. The fraction of sp³-hybridized carbons (Fsp3) is 0. The van der Waals surface area contributed by atoms with Crippen LogP contribution < -0.4 is 0 Å². The minimum atomic E-state index is -0.407.